The first kappa shape index (κ1) is 24.3. The van der Waals surface area contributed by atoms with Crippen molar-refractivity contribution in [1.29, 1.82) is 0 Å². The van der Waals surface area contributed by atoms with E-state index in [1.54, 1.807) is 20.0 Å². The molecule has 3 heterocycles. The lowest BCUT2D eigenvalue weighted by atomic mass is 9.91. The second-order valence-electron chi connectivity index (χ2n) is 10.5. The summed E-state index contributed by atoms with van der Waals surface area (Å²) in [4.78, 5) is 34.4. The van der Waals surface area contributed by atoms with E-state index in [-0.39, 0.29) is 35.6 Å². The van der Waals surface area contributed by atoms with Gasteiger partial charge in [0.1, 0.15) is 11.9 Å². The average molecular weight is 484 g/mol. The molecule has 3 N–H and O–H groups in total. The minimum atomic E-state index is -0.532. The van der Waals surface area contributed by atoms with Crippen LogP contribution in [0.5, 0.6) is 0 Å². The van der Waals surface area contributed by atoms with Gasteiger partial charge in [0.15, 0.2) is 0 Å². The SMILES string of the molecule is CC[C@H](NC(=O)[C@H](C)NC)C(=O)N1CC[C@@H]2[C@H]1[C@@H](c1c[nH]c3cc(F)ccc13)CN2C1CCCC1. The summed E-state index contributed by atoms with van der Waals surface area (Å²) in [7, 11) is 1.74. The molecule has 190 valence electrons. The molecule has 0 unspecified atom stereocenters. The first-order chi connectivity index (χ1) is 16.9. The Morgan fingerprint density at radius 3 is 2.71 bits per heavy atom. The van der Waals surface area contributed by atoms with Crippen LogP contribution in [0.3, 0.4) is 0 Å². The Kier molecular flexibility index (Phi) is 6.86. The van der Waals surface area contributed by atoms with Gasteiger partial charge in [-0.1, -0.05) is 19.8 Å². The third-order valence-electron chi connectivity index (χ3n) is 8.67. The van der Waals surface area contributed by atoms with Crippen molar-refractivity contribution >= 4 is 22.7 Å². The van der Waals surface area contributed by atoms with Gasteiger partial charge in [-0.15, -0.1) is 0 Å². The molecule has 35 heavy (non-hydrogen) atoms. The topological polar surface area (TPSA) is 80.5 Å². The highest BCUT2D eigenvalue weighted by atomic mass is 19.1. The first-order valence-corrected chi connectivity index (χ1v) is 13.2. The van der Waals surface area contributed by atoms with Crippen LogP contribution in [0.15, 0.2) is 24.4 Å². The number of amides is 2. The summed E-state index contributed by atoms with van der Waals surface area (Å²) in [5, 5.41) is 6.95. The fourth-order valence-electron chi connectivity index (χ4n) is 6.71. The number of benzene rings is 1. The van der Waals surface area contributed by atoms with E-state index in [0.717, 1.165) is 29.4 Å². The molecule has 5 rings (SSSR count). The van der Waals surface area contributed by atoms with Crippen LogP contribution in [0, 0.1) is 5.82 Å². The van der Waals surface area contributed by atoms with Gasteiger partial charge in [0.05, 0.1) is 12.1 Å². The second kappa shape index (κ2) is 9.90. The van der Waals surface area contributed by atoms with Crippen LogP contribution in [0.4, 0.5) is 4.39 Å². The van der Waals surface area contributed by atoms with E-state index in [4.69, 9.17) is 0 Å². The number of nitrogens with one attached hydrogen (secondary N) is 3. The van der Waals surface area contributed by atoms with E-state index >= 15 is 0 Å². The molecule has 2 amide bonds. The van der Waals surface area contributed by atoms with E-state index in [9.17, 15) is 14.0 Å². The summed E-state index contributed by atoms with van der Waals surface area (Å²) in [6, 6.07) is 4.99. The third kappa shape index (κ3) is 4.35. The largest absolute Gasteiger partial charge is 0.361 e. The zero-order valence-corrected chi connectivity index (χ0v) is 21.0. The molecule has 1 saturated carbocycles. The predicted octanol–water partition coefficient (Wildman–Crippen LogP) is 3.12. The van der Waals surface area contributed by atoms with Gasteiger partial charge in [-0.3, -0.25) is 14.5 Å². The molecular weight excluding hydrogens is 445 g/mol. The quantitative estimate of drug-likeness (QED) is 0.565. The number of aromatic nitrogens is 1. The molecule has 7 nitrogen and oxygen atoms in total. The molecule has 1 aliphatic carbocycles. The Morgan fingerprint density at radius 2 is 2.00 bits per heavy atom. The van der Waals surface area contributed by atoms with Crippen molar-refractivity contribution < 1.29 is 14.0 Å². The number of hydrogen-bond acceptors (Lipinski definition) is 4. The maximum Gasteiger partial charge on any atom is 0.245 e. The average Bonchev–Trinajstić information content (AvgIpc) is 3.65. The Labute approximate surface area is 206 Å². The van der Waals surface area contributed by atoms with Gasteiger partial charge in [0, 0.05) is 48.2 Å². The number of carbonyl (C=O) groups excluding carboxylic acids is 2. The lowest BCUT2D eigenvalue weighted by molar-refractivity contribution is -0.137. The number of halogens is 1. The van der Waals surface area contributed by atoms with Crippen molar-refractivity contribution in [1.82, 2.24) is 25.4 Å². The Bertz CT molecular complexity index is 1080. The Morgan fingerprint density at radius 1 is 1.23 bits per heavy atom. The molecular formula is C27H38FN5O2. The number of H-pyrrole nitrogens is 1. The number of likely N-dealkylation sites (tertiary alicyclic amines) is 2. The van der Waals surface area contributed by atoms with Crippen molar-refractivity contribution in [3.8, 4) is 0 Å². The Hall–Kier alpha value is -2.45. The summed E-state index contributed by atoms with van der Waals surface area (Å²) in [6.45, 7) is 5.36. The summed E-state index contributed by atoms with van der Waals surface area (Å²) in [5.41, 5.74) is 1.96. The molecule has 0 spiro atoms. The van der Waals surface area contributed by atoms with Crippen molar-refractivity contribution in [3.05, 3.63) is 35.8 Å². The van der Waals surface area contributed by atoms with Crippen LogP contribution < -0.4 is 10.6 Å². The molecule has 5 atom stereocenters. The Balaban J connectivity index is 1.46. The molecule has 3 fully saturated rings. The van der Waals surface area contributed by atoms with E-state index in [0.29, 0.717) is 25.0 Å². The van der Waals surface area contributed by atoms with Crippen LogP contribution in [0.25, 0.3) is 10.9 Å². The van der Waals surface area contributed by atoms with Gasteiger partial charge in [-0.25, -0.2) is 4.39 Å². The van der Waals surface area contributed by atoms with E-state index in [2.05, 4.69) is 20.5 Å². The van der Waals surface area contributed by atoms with Crippen LogP contribution in [0.2, 0.25) is 0 Å². The summed E-state index contributed by atoms with van der Waals surface area (Å²) in [6.07, 6.45) is 8.50. The summed E-state index contributed by atoms with van der Waals surface area (Å²) >= 11 is 0. The lowest BCUT2D eigenvalue weighted by Crippen LogP contribution is -2.54. The van der Waals surface area contributed by atoms with Gasteiger partial charge >= 0.3 is 0 Å². The standard InChI is InChI=1S/C27H38FN5O2/c1-4-22(31-26(34)16(2)29-3)27(35)32-12-11-24-25(32)21(15-33(24)18-7-5-6-8-18)20-14-30-23-13-17(28)9-10-19(20)23/h9-10,13-14,16,18,21-22,24-25,29-30H,4-8,11-12,15H2,1-3H3,(H,31,34)/t16-,21+,22-,24+,25+/m0/s1. The molecule has 0 radical (unpaired) electrons. The smallest absolute Gasteiger partial charge is 0.245 e. The number of rotatable bonds is 7. The maximum atomic E-state index is 13.9. The fraction of sp³-hybridized carbons (Fsp3) is 0.630. The zero-order valence-electron chi connectivity index (χ0n) is 21.0. The molecule has 3 aliphatic rings. The number of likely N-dealkylation sites (N-methyl/N-ethyl adjacent to an activating group) is 1. The van der Waals surface area contributed by atoms with Crippen molar-refractivity contribution in [2.45, 2.75) is 88.5 Å². The minimum absolute atomic E-state index is 0.0146. The van der Waals surface area contributed by atoms with Crippen LogP contribution in [0.1, 0.15) is 63.9 Å². The minimum Gasteiger partial charge on any atom is -0.361 e. The van der Waals surface area contributed by atoms with Gasteiger partial charge in [0.25, 0.3) is 0 Å². The lowest BCUT2D eigenvalue weighted by Gasteiger charge is -2.32. The molecule has 1 aromatic carbocycles. The molecule has 2 saturated heterocycles. The van der Waals surface area contributed by atoms with Gasteiger partial charge < -0.3 is 20.5 Å². The van der Waals surface area contributed by atoms with E-state index in [1.165, 1.54) is 31.7 Å². The first-order valence-electron chi connectivity index (χ1n) is 13.2. The van der Waals surface area contributed by atoms with E-state index in [1.807, 2.05) is 24.1 Å². The van der Waals surface area contributed by atoms with Crippen molar-refractivity contribution in [2.75, 3.05) is 20.1 Å². The predicted molar refractivity (Wildman–Crippen MR) is 135 cm³/mol. The van der Waals surface area contributed by atoms with E-state index < -0.39 is 6.04 Å². The fourth-order valence-corrected chi connectivity index (χ4v) is 6.71. The summed E-state index contributed by atoms with van der Waals surface area (Å²) < 4.78 is 13.9. The highest BCUT2D eigenvalue weighted by Gasteiger charge is 2.53. The summed E-state index contributed by atoms with van der Waals surface area (Å²) in [5.74, 6) is -0.244. The number of carbonyl (C=O) groups is 2. The molecule has 2 aromatic rings. The number of fused-ring (bicyclic) bond motifs is 2. The highest BCUT2D eigenvalue weighted by molar-refractivity contribution is 5.90. The number of aromatic amines is 1. The molecule has 2 aliphatic heterocycles. The van der Waals surface area contributed by atoms with Crippen LogP contribution in [-0.4, -0.2) is 76.9 Å². The molecule has 0 bridgehead atoms. The molecule has 8 heteroatoms. The maximum absolute atomic E-state index is 13.9. The van der Waals surface area contributed by atoms with Crippen molar-refractivity contribution in [2.24, 2.45) is 0 Å². The third-order valence-corrected chi connectivity index (χ3v) is 8.67. The zero-order chi connectivity index (χ0) is 24.7. The normalized spacial score (nSPS) is 26.9. The molecule has 1 aromatic heterocycles. The van der Waals surface area contributed by atoms with Crippen molar-refractivity contribution in [3.63, 3.8) is 0 Å². The number of nitrogens with zero attached hydrogens (tertiary/aromatic N) is 2. The second-order valence-corrected chi connectivity index (χ2v) is 10.5. The van der Waals surface area contributed by atoms with Crippen LogP contribution in [-0.2, 0) is 9.59 Å². The van der Waals surface area contributed by atoms with Gasteiger partial charge in [-0.2, -0.15) is 0 Å². The monoisotopic (exact) mass is 483 g/mol. The van der Waals surface area contributed by atoms with Gasteiger partial charge in [-0.05, 0) is 63.4 Å². The van der Waals surface area contributed by atoms with Crippen LogP contribution >= 0.6 is 0 Å². The highest BCUT2D eigenvalue weighted by Crippen LogP contribution is 2.45. The number of hydrogen-bond donors (Lipinski definition) is 3. The van der Waals surface area contributed by atoms with Gasteiger partial charge in [0.2, 0.25) is 11.8 Å².